The topological polar surface area (TPSA) is 68.9 Å². The first kappa shape index (κ1) is 19.4. The summed E-state index contributed by atoms with van der Waals surface area (Å²) in [5.41, 5.74) is 6.72. The van der Waals surface area contributed by atoms with Crippen molar-refractivity contribution in [3.8, 4) is 11.5 Å². The Morgan fingerprint density at radius 3 is 2.38 bits per heavy atom. The van der Waals surface area contributed by atoms with Crippen molar-refractivity contribution in [2.45, 2.75) is 32.9 Å². The van der Waals surface area contributed by atoms with Gasteiger partial charge in [0.25, 0.3) is 0 Å². The second-order valence-electron chi connectivity index (χ2n) is 5.68. The number of nitrogens with one attached hydrogen (secondary N) is 1. The third-order valence-electron chi connectivity index (χ3n) is 3.10. The minimum Gasteiger partial charge on any atom is -0.491 e. The molecule has 0 fully saturated rings. The zero-order chi connectivity index (χ0) is 19.2. The van der Waals surface area contributed by atoms with Crippen LogP contribution in [0.5, 0.6) is 11.5 Å². The third kappa shape index (κ3) is 6.54. The lowest BCUT2D eigenvalue weighted by atomic mass is 10.2. The van der Waals surface area contributed by atoms with Crippen LogP contribution in [0.2, 0.25) is 0 Å². The van der Waals surface area contributed by atoms with Gasteiger partial charge < -0.3 is 20.5 Å². The smallest absolute Gasteiger partial charge is 0.491 e. The molecular weight excluding hydrogens is 347 g/mol. The summed E-state index contributed by atoms with van der Waals surface area (Å²) in [6, 6.07) is 12.9. The van der Waals surface area contributed by atoms with Crippen molar-refractivity contribution in [3.63, 3.8) is 0 Å². The molecule has 26 heavy (non-hydrogen) atoms. The number of rotatable bonds is 6. The SMILES string of the molecule is CC(C)Oc1ccc(CN=C(N)Nc2ccccc2OC(F)(F)F)cc1. The maximum absolute atomic E-state index is 12.4. The number of hydrogen-bond donors (Lipinski definition) is 2. The molecule has 0 saturated heterocycles. The highest BCUT2D eigenvalue weighted by Crippen LogP contribution is 2.29. The van der Waals surface area contributed by atoms with Crippen molar-refractivity contribution >= 4 is 11.6 Å². The minimum atomic E-state index is -4.79. The Balaban J connectivity index is 2.00. The third-order valence-corrected chi connectivity index (χ3v) is 3.10. The van der Waals surface area contributed by atoms with E-state index in [9.17, 15) is 13.2 Å². The molecule has 0 heterocycles. The molecule has 0 bridgehead atoms. The molecule has 140 valence electrons. The lowest BCUT2D eigenvalue weighted by molar-refractivity contribution is -0.274. The predicted octanol–water partition coefficient (Wildman–Crippen LogP) is 4.30. The van der Waals surface area contributed by atoms with Gasteiger partial charge >= 0.3 is 6.36 Å². The van der Waals surface area contributed by atoms with Crippen LogP contribution >= 0.6 is 0 Å². The van der Waals surface area contributed by atoms with Crippen LogP contribution in [0.15, 0.2) is 53.5 Å². The van der Waals surface area contributed by atoms with Crippen LogP contribution in [0.3, 0.4) is 0 Å². The Bertz CT molecular complexity index is 744. The summed E-state index contributed by atoms with van der Waals surface area (Å²) < 4.78 is 46.8. The molecule has 0 radical (unpaired) electrons. The Hall–Kier alpha value is -2.90. The maximum atomic E-state index is 12.4. The van der Waals surface area contributed by atoms with E-state index >= 15 is 0 Å². The summed E-state index contributed by atoms with van der Waals surface area (Å²) in [4.78, 5) is 4.12. The molecule has 2 aromatic rings. The van der Waals surface area contributed by atoms with Gasteiger partial charge in [0.15, 0.2) is 11.7 Å². The summed E-state index contributed by atoms with van der Waals surface area (Å²) in [5.74, 6) is 0.344. The van der Waals surface area contributed by atoms with Gasteiger partial charge in [-0.25, -0.2) is 4.99 Å². The first-order valence-corrected chi connectivity index (χ1v) is 7.90. The second kappa shape index (κ2) is 8.46. The van der Waals surface area contributed by atoms with E-state index in [4.69, 9.17) is 10.5 Å². The number of aliphatic imine (C=N–C) groups is 1. The van der Waals surface area contributed by atoms with E-state index in [1.807, 2.05) is 38.1 Å². The molecule has 0 atom stereocenters. The molecule has 3 N–H and O–H groups in total. The molecule has 8 heteroatoms. The Kier molecular flexibility index (Phi) is 6.32. The van der Waals surface area contributed by atoms with Gasteiger partial charge in [-0.3, -0.25) is 0 Å². The predicted molar refractivity (Wildman–Crippen MR) is 94.3 cm³/mol. The quantitative estimate of drug-likeness (QED) is 0.590. The highest BCUT2D eigenvalue weighted by molar-refractivity contribution is 5.93. The number of hydrogen-bond acceptors (Lipinski definition) is 3. The first-order valence-electron chi connectivity index (χ1n) is 7.90. The standard InChI is InChI=1S/C18H20F3N3O2/c1-12(2)25-14-9-7-13(8-10-14)11-23-17(22)24-15-5-3-4-6-16(15)26-18(19,20)21/h3-10,12H,11H2,1-2H3,(H3,22,23,24). The summed E-state index contributed by atoms with van der Waals surface area (Å²) in [7, 11) is 0. The van der Waals surface area contributed by atoms with Crippen molar-refractivity contribution in [2.24, 2.45) is 10.7 Å². The fraction of sp³-hybridized carbons (Fsp3) is 0.278. The van der Waals surface area contributed by atoms with Crippen molar-refractivity contribution in [1.29, 1.82) is 0 Å². The van der Waals surface area contributed by atoms with Gasteiger partial charge in [-0.05, 0) is 43.7 Å². The van der Waals surface area contributed by atoms with Crippen molar-refractivity contribution in [2.75, 3.05) is 5.32 Å². The lowest BCUT2D eigenvalue weighted by Crippen LogP contribution is -2.24. The van der Waals surface area contributed by atoms with Crippen LogP contribution < -0.4 is 20.5 Å². The number of benzene rings is 2. The van der Waals surface area contributed by atoms with E-state index < -0.39 is 6.36 Å². The number of alkyl halides is 3. The van der Waals surface area contributed by atoms with Crippen LogP contribution in [0.25, 0.3) is 0 Å². The molecule has 2 rings (SSSR count). The highest BCUT2D eigenvalue weighted by atomic mass is 19.4. The zero-order valence-corrected chi connectivity index (χ0v) is 14.4. The van der Waals surface area contributed by atoms with Gasteiger partial charge in [-0.15, -0.1) is 13.2 Å². The summed E-state index contributed by atoms with van der Waals surface area (Å²) in [6.07, 6.45) is -4.71. The molecule has 0 unspecified atom stereocenters. The number of ether oxygens (including phenoxy) is 2. The van der Waals surface area contributed by atoms with Crippen molar-refractivity contribution in [3.05, 3.63) is 54.1 Å². The van der Waals surface area contributed by atoms with Crippen LogP contribution in [0.4, 0.5) is 18.9 Å². The minimum absolute atomic E-state index is 0.0225. The molecule has 0 aliphatic heterocycles. The first-order chi connectivity index (χ1) is 12.2. The van der Waals surface area contributed by atoms with E-state index in [0.29, 0.717) is 0 Å². The lowest BCUT2D eigenvalue weighted by Gasteiger charge is -2.14. The molecule has 0 aliphatic carbocycles. The molecule has 0 spiro atoms. The van der Waals surface area contributed by atoms with Crippen LogP contribution in [-0.4, -0.2) is 18.4 Å². The molecule has 5 nitrogen and oxygen atoms in total. The van der Waals surface area contributed by atoms with Gasteiger partial charge in [0.1, 0.15) is 5.75 Å². The molecular formula is C18H20F3N3O2. The van der Waals surface area contributed by atoms with E-state index in [0.717, 1.165) is 11.3 Å². The number of para-hydroxylation sites is 2. The van der Waals surface area contributed by atoms with E-state index in [1.165, 1.54) is 18.2 Å². The fourth-order valence-electron chi connectivity index (χ4n) is 2.08. The van der Waals surface area contributed by atoms with E-state index in [2.05, 4.69) is 15.0 Å². The molecule has 0 amide bonds. The summed E-state index contributed by atoms with van der Waals surface area (Å²) in [5, 5.41) is 2.62. The normalized spacial score (nSPS) is 12.2. The van der Waals surface area contributed by atoms with E-state index in [-0.39, 0.29) is 30.0 Å². The summed E-state index contributed by atoms with van der Waals surface area (Å²) >= 11 is 0. The van der Waals surface area contributed by atoms with E-state index in [1.54, 1.807) is 6.07 Å². The molecule has 0 aromatic heterocycles. The zero-order valence-electron chi connectivity index (χ0n) is 14.4. The number of nitrogens with zero attached hydrogens (tertiary/aromatic N) is 1. The van der Waals surface area contributed by atoms with Crippen LogP contribution in [0.1, 0.15) is 19.4 Å². The van der Waals surface area contributed by atoms with Gasteiger partial charge in [0.2, 0.25) is 0 Å². The average Bonchev–Trinajstić information content (AvgIpc) is 2.54. The number of halogens is 3. The second-order valence-corrected chi connectivity index (χ2v) is 5.68. The largest absolute Gasteiger partial charge is 0.573 e. The van der Waals surface area contributed by atoms with Crippen molar-refractivity contribution in [1.82, 2.24) is 0 Å². The Labute approximate surface area is 149 Å². The Morgan fingerprint density at radius 2 is 1.77 bits per heavy atom. The maximum Gasteiger partial charge on any atom is 0.573 e. The van der Waals surface area contributed by atoms with Gasteiger partial charge in [0.05, 0.1) is 18.3 Å². The van der Waals surface area contributed by atoms with Gasteiger partial charge in [-0.1, -0.05) is 24.3 Å². The van der Waals surface area contributed by atoms with Gasteiger partial charge in [-0.2, -0.15) is 0 Å². The molecule has 0 saturated carbocycles. The number of anilines is 1. The van der Waals surface area contributed by atoms with Crippen molar-refractivity contribution < 1.29 is 22.6 Å². The summed E-state index contributed by atoms with van der Waals surface area (Å²) in [6.45, 7) is 4.14. The number of guanidine groups is 1. The Morgan fingerprint density at radius 1 is 1.12 bits per heavy atom. The average molecular weight is 367 g/mol. The molecule has 0 aliphatic rings. The van der Waals surface area contributed by atoms with Gasteiger partial charge in [0, 0.05) is 0 Å². The van der Waals surface area contributed by atoms with Crippen LogP contribution in [0, 0.1) is 0 Å². The fourth-order valence-corrected chi connectivity index (χ4v) is 2.08. The monoisotopic (exact) mass is 367 g/mol. The number of nitrogens with two attached hydrogens (primary N) is 1. The van der Waals surface area contributed by atoms with Crippen LogP contribution in [-0.2, 0) is 6.54 Å². The molecule has 2 aromatic carbocycles. The highest BCUT2D eigenvalue weighted by Gasteiger charge is 2.32.